The van der Waals surface area contributed by atoms with E-state index in [1.54, 1.807) is 25.1 Å². The van der Waals surface area contributed by atoms with E-state index in [9.17, 15) is 9.18 Å². The van der Waals surface area contributed by atoms with Crippen molar-refractivity contribution in [1.82, 2.24) is 15.0 Å². The van der Waals surface area contributed by atoms with Crippen LogP contribution in [0.3, 0.4) is 0 Å². The smallest absolute Gasteiger partial charge is 0.259 e. The number of fused-ring (bicyclic) bond motifs is 1. The van der Waals surface area contributed by atoms with Crippen molar-refractivity contribution in [2.24, 2.45) is 0 Å². The zero-order valence-corrected chi connectivity index (χ0v) is 19.9. The molecular weight excluding hydrogens is 451 g/mol. The highest BCUT2D eigenvalue weighted by Gasteiger charge is 2.21. The predicted octanol–water partition coefficient (Wildman–Crippen LogP) is 5.45. The van der Waals surface area contributed by atoms with Crippen LogP contribution in [0.1, 0.15) is 27.2 Å². The molecule has 3 heterocycles. The molecule has 1 amide bonds. The molecule has 5 rings (SSSR count). The SMILES string of the molecule is Cc1c(CN2CCSCC2)cccc1NC(=O)c1cc(-c2ccc(F)cc2)nc2onc(C)c12. The number of carbonyl (C=O) groups excluding carboxylic acids is 1. The number of hydrogen-bond donors (Lipinski definition) is 1. The third-order valence-electron chi connectivity index (χ3n) is 6.19. The van der Waals surface area contributed by atoms with Gasteiger partial charge >= 0.3 is 0 Å². The molecule has 1 aliphatic rings. The van der Waals surface area contributed by atoms with E-state index in [0.29, 0.717) is 27.9 Å². The molecule has 8 heteroatoms. The number of aryl methyl sites for hydroxylation is 1. The second-order valence-electron chi connectivity index (χ2n) is 8.44. The van der Waals surface area contributed by atoms with Crippen molar-refractivity contribution in [3.05, 3.63) is 76.7 Å². The van der Waals surface area contributed by atoms with Crippen LogP contribution >= 0.6 is 11.8 Å². The summed E-state index contributed by atoms with van der Waals surface area (Å²) in [6.07, 6.45) is 0. The van der Waals surface area contributed by atoms with Crippen molar-refractivity contribution < 1.29 is 13.7 Å². The fourth-order valence-corrected chi connectivity index (χ4v) is 5.20. The Kier molecular flexibility index (Phi) is 6.34. The Morgan fingerprint density at radius 2 is 1.91 bits per heavy atom. The number of pyridine rings is 1. The second-order valence-corrected chi connectivity index (χ2v) is 9.67. The Hall–Kier alpha value is -3.23. The average molecular weight is 477 g/mol. The Morgan fingerprint density at radius 3 is 2.68 bits per heavy atom. The van der Waals surface area contributed by atoms with Gasteiger partial charge in [-0.05, 0) is 61.4 Å². The van der Waals surface area contributed by atoms with Crippen LogP contribution in [0.4, 0.5) is 10.1 Å². The van der Waals surface area contributed by atoms with E-state index in [-0.39, 0.29) is 17.4 Å². The van der Waals surface area contributed by atoms with Crippen LogP contribution in [-0.4, -0.2) is 45.5 Å². The lowest BCUT2D eigenvalue weighted by atomic mass is 10.0. The van der Waals surface area contributed by atoms with Crippen molar-refractivity contribution in [2.45, 2.75) is 20.4 Å². The molecule has 0 spiro atoms. The number of aromatic nitrogens is 2. The number of benzene rings is 2. The summed E-state index contributed by atoms with van der Waals surface area (Å²) in [5.41, 5.74) is 5.52. The molecule has 0 unspecified atom stereocenters. The predicted molar refractivity (Wildman–Crippen MR) is 134 cm³/mol. The second kappa shape index (κ2) is 9.56. The number of amides is 1. The Morgan fingerprint density at radius 1 is 1.15 bits per heavy atom. The van der Waals surface area contributed by atoms with Crippen LogP contribution in [0.15, 0.2) is 53.1 Å². The lowest BCUT2D eigenvalue weighted by molar-refractivity contribution is 0.102. The molecule has 6 nitrogen and oxygen atoms in total. The molecule has 4 aromatic rings. The van der Waals surface area contributed by atoms with E-state index in [0.717, 1.165) is 42.4 Å². The first-order valence-electron chi connectivity index (χ1n) is 11.2. The van der Waals surface area contributed by atoms with Crippen LogP contribution in [0.25, 0.3) is 22.4 Å². The van der Waals surface area contributed by atoms with Gasteiger partial charge in [0.25, 0.3) is 11.6 Å². The molecule has 0 saturated carbocycles. The van der Waals surface area contributed by atoms with Gasteiger partial charge in [0.2, 0.25) is 0 Å². The number of anilines is 1. The Labute approximate surface area is 201 Å². The minimum atomic E-state index is -0.336. The summed E-state index contributed by atoms with van der Waals surface area (Å²) in [5, 5.41) is 7.66. The van der Waals surface area contributed by atoms with Crippen molar-refractivity contribution in [3.63, 3.8) is 0 Å². The topological polar surface area (TPSA) is 71.3 Å². The maximum absolute atomic E-state index is 13.5. The zero-order valence-electron chi connectivity index (χ0n) is 19.1. The molecule has 0 aliphatic carbocycles. The highest BCUT2D eigenvalue weighted by atomic mass is 32.2. The first-order chi connectivity index (χ1) is 16.5. The summed E-state index contributed by atoms with van der Waals surface area (Å²) in [6.45, 7) is 6.85. The summed E-state index contributed by atoms with van der Waals surface area (Å²) in [4.78, 5) is 20.4. The van der Waals surface area contributed by atoms with Gasteiger partial charge in [-0.3, -0.25) is 9.69 Å². The molecule has 174 valence electrons. The minimum absolute atomic E-state index is 0.267. The monoisotopic (exact) mass is 476 g/mol. The van der Waals surface area contributed by atoms with Crippen molar-refractivity contribution in [3.8, 4) is 11.3 Å². The highest BCUT2D eigenvalue weighted by molar-refractivity contribution is 7.99. The van der Waals surface area contributed by atoms with Gasteiger partial charge in [-0.25, -0.2) is 9.37 Å². The van der Waals surface area contributed by atoms with Gasteiger partial charge < -0.3 is 9.84 Å². The Bertz CT molecular complexity index is 1350. The maximum atomic E-state index is 13.5. The van der Waals surface area contributed by atoms with Crippen LogP contribution in [0.2, 0.25) is 0 Å². The van der Waals surface area contributed by atoms with Crippen LogP contribution in [-0.2, 0) is 6.54 Å². The van der Waals surface area contributed by atoms with Gasteiger partial charge in [0.05, 0.1) is 22.3 Å². The summed E-state index contributed by atoms with van der Waals surface area (Å²) in [6, 6.07) is 13.7. The first-order valence-corrected chi connectivity index (χ1v) is 12.4. The molecule has 1 aliphatic heterocycles. The normalized spacial score (nSPS) is 14.4. The number of hydrogen-bond acceptors (Lipinski definition) is 6. The van der Waals surface area contributed by atoms with Gasteiger partial charge in [-0.1, -0.05) is 17.3 Å². The van der Waals surface area contributed by atoms with E-state index >= 15 is 0 Å². The maximum Gasteiger partial charge on any atom is 0.259 e. The highest BCUT2D eigenvalue weighted by Crippen LogP contribution is 2.29. The van der Waals surface area contributed by atoms with Crippen LogP contribution in [0, 0.1) is 19.7 Å². The number of halogens is 1. The van der Waals surface area contributed by atoms with E-state index < -0.39 is 0 Å². The number of nitrogens with zero attached hydrogens (tertiary/aromatic N) is 3. The molecular formula is C26H25FN4O2S. The molecule has 0 bridgehead atoms. The van der Waals surface area contributed by atoms with E-state index in [2.05, 4.69) is 26.4 Å². The molecule has 0 radical (unpaired) electrons. The average Bonchev–Trinajstić information content (AvgIpc) is 3.23. The van der Waals surface area contributed by atoms with Crippen molar-refractivity contribution in [1.29, 1.82) is 0 Å². The minimum Gasteiger partial charge on any atom is -0.335 e. The summed E-state index contributed by atoms with van der Waals surface area (Å²) >= 11 is 1.99. The van der Waals surface area contributed by atoms with Gasteiger partial charge in [0.1, 0.15) is 5.82 Å². The summed E-state index contributed by atoms with van der Waals surface area (Å²) in [5.74, 6) is 1.71. The zero-order chi connectivity index (χ0) is 23.7. The number of thioether (sulfide) groups is 1. The molecule has 1 saturated heterocycles. The standard InChI is InChI=1S/C26H25FN4O2S/c1-16-19(15-31-10-12-34-13-11-31)4-3-5-22(16)28-25(32)21-14-23(18-6-8-20(27)9-7-18)29-26-24(21)17(2)30-33-26/h3-9,14H,10-13,15H2,1-2H3,(H,28,32). The Balaban J connectivity index is 1.47. The number of rotatable bonds is 5. The molecule has 2 aromatic carbocycles. The summed E-state index contributed by atoms with van der Waals surface area (Å²) < 4.78 is 18.8. The van der Waals surface area contributed by atoms with E-state index in [1.165, 1.54) is 17.7 Å². The van der Waals surface area contributed by atoms with Crippen LogP contribution in [0.5, 0.6) is 0 Å². The largest absolute Gasteiger partial charge is 0.335 e. The van der Waals surface area contributed by atoms with Gasteiger partial charge in [0.15, 0.2) is 0 Å². The lowest BCUT2D eigenvalue weighted by Gasteiger charge is -2.27. The fourth-order valence-electron chi connectivity index (χ4n) is 4.22. The quantitative estimate of drug-likeness (QED) is 0.413. The molecule has 34 heavy (non-hydrogen) atoms. The molecule has 1 N–H and O–H groups in total. The number of nitrogens with one attached hydrogen (secondary N) is 1. The van der Waals surface area contributed by atoms with E-state index in [1.807, 2.05) is 30.8 Å². The van der Waals surface area contributed by atoms with Crippen molar-refractivity contribution in [2.75, 3.05) is 29.9 Å². The lowest BCUT2D eigenvalue weighted by Crippen LogP contribution is -2.32. The fraction of sp³-hybridized carbons (Fsp3) is 0.269. The first kappa shape index (κ1) is 22.6. The molecule has 1 fully saturated rings. The summed E-state index contributed by atoms with van der Waals surface area (Å²) in [7, 11) is 0. The van der Waals surface area contributed by atoms with Gasteiger partial charge in [0, 0.05) is 42.4 Å². The van der Waals surface area contributed by atoms with Crippen molar-refractivity contribution >= 4 is 34.5 Å². The van der Waals surface area contributed by atoms with E-state index in [4.69, 9.17) is 4.52 Å². The van der Waals surface area contributed by atoms with Crippen LogP contribution < -0.4 is 5.32 Å². The molecule has 0 atom stereocenters. The van der Waals surface area contributed by atoms with Gasteiger partial charge in [-0.15, -0.1) is 0 Å². The third-order valence-corrected chi connectivity index (χ3v) is 7.14. The molecule has 2 aromatic heterocycles. The van der Waals surface area contributed by atoms with Gasteiger partial charge in [-0.2, -0.15) is 11.8 Å². The third kappa shape index (κ3) is 4.56. The number of carbonyl (C=O) groups is 1.